The van der Waals surface area contributed by atoms with E-state index in [1.165, 1.54) is 12.8 Å². The minimum Gasteiger partial charge on any atom is -0.390 e. The zero-order chi connectivity index (χ0) is 17.1. The molecule has 3 aliphatic rings. The van der Waals surface area contributed by atoms with Crippen molar-refractivity contribution >= 4 is 17.1 Å². The molecule has 1 amide bonds. The van der Waals surface area contributed by atoms with Gasteiger partial charge in [-0.2, -0.15) is 0 Å². The molecular weight excluding hydrogens is 320 g/mol. The second-order valence-corrected chi connectivity index (χ2v) is 7.79. The van der Waals surface area contributed by atoms with Gasteiger partial charge >= 0.3 is 0 Å². The lowest BCUT2D eigenvalue weighted by Crippen LogP contribution is -2.38. The van der Waals surface area contributed by atoms with Crippen LogP contribution in [-0.2, 0) is 0 Å². The zero-order valence-corrected chi connectivity index (χ0v) is 14.0. The zero-order valence-electron chi connectivity index (χ0n) is 14.0. The number of carbonyl (C=O) groups is 1. The van der Waals surface area contributed by atoms with E-state index < -0.39 is 12.2 Å². The van der Waals surface area contributed by atoms with Crippen LogP contribution in [0, 0.1) is 11.8 Å². The van der Waals surface area contributed by atoms with Gasteiger partial charge < -0.3 is 19.7 Å². The first kappa shape index (κ1) is 15.3. The van der Waals surface area contributed by atoms with Crippen LogP contribution in [0.3, 0.4) is 0 Å². The lowest BCUT2D eigenvalue weighted by molar-refractivity contribution is -0.0372. The van der Waals surface area contributed by atoms with E-state index in [0.29, 0.717) is 37.5 Å². The number of aromatic nitrogens is 3. The molecule has 2 aromatic rings. The Morgan fingerprint density at radius 1 is 1.08 bits per heavy atom. The summed E-state index contributed by atoms with van der Waals surface area (Å²) in [6.45, 7) is 1.28. The number of amides is 1. The molecule has 0 aromatic carbocycles. The van der Waals surface area contributed by atoms with Crippen LogP contribution in [0.2, 0.25) is 0 Å². The van der Waals surface area contributed by atoms with Gasteiger partial charge in [-0.1, -0.05) is 0 Å². The summed E-state index contributed by atoms with van der Waals surface area (Å²) in [6, 6.07) is 2.34. The highest BCUT2D eigenvalue weighted by molar-refractivity contribution is 5.96. The van der Waals surface area contributed by atoms with Crippen molar-refractivity contribution in [3.05, 3.63) is 24.2 Å². The normalized spacial score (nSPS) is 32.2. The Morgan fingerprint density at radius 3 is 2.40 bits per heavy atom. The number of pyridine rings is 1. The number of aliphatic hydroxyl groups excluding tert-OH is 2. The molecule has 2 aliphatic carbocycles. The summed E-state index contributed by atoms with van der Waals surface area (Å²) in [5, 5.41) is 19.7. The number of imidazole rings is 1. The van der Waals surface area contributed by atoms with Crippen LogP contribution in [-0.4, -0.2) is 60.9 Å². The summed E-state index contributed by atoms with van der Waals surface area (Å²) < 4.78 is 2.09. The highest BCUT2D eigenvalue weighted by Gasteiger charge is 2.42. The average molecular weight is 342 g/mol. The molecule has 4 atom stereocenters. The van der Waals surface area contributed by atoms with Crippen molar-refractivity contribution in [1.29, 1.82) is 0 Å². The SMILES string of the molecule is O=C(c1cnc2c(c1)ncn2C1CC1)N1C[C@H]2C[C@H](O)[C@H](O)C[C@H]2C1. The fourth-order valence-electron chi connectivity index (χ4n) is 4.41. The Kier molecular flexibility index (Phi) is 3.36. The molecule has 3 heterocycles. The van der Waals surface area contributed by atoms with Crippen LogP contribution < -0.4 is 0 Å². The predicted octanol–water partition coefficient (Wildman–Crippen LogP) is 0.970. The van der Waals surface area contributed by atoms with Gasteiger partial charge in [-0.25, -0.2) is 9.97 Å². The van der Waals surface area contributed by atoms with Gasteiger partial charge in [-0.05, 0) is 43.6 Å². The fraction of sp³-hybridized carbons (Fsp3) is 0.611. The predicted molar refractivity (Wildman–Crippen MR) is 89.9 cm³/mol. The van der Waals surface area contributed by atoms with E-state index in [1.54, 1.807) is 6.20 Å². The third-order valence-corrected chi connectivity index (χ3v) is 6.00. The Bertz CT molecular complexity index is 813. The Labute approximate surface area is 145 Å². The maximum Gasteiger partial charge on any atom is 0.255 e. The van der Waals surface area contributed by atoms with Crippen molar-refractivity contribution in [2.45, 2.75) is 43.9 Å². The van der Waals surface area contributed by atoms with Gasteiger partial charge in [0.25, 0.3) is 5.91 Å². The van der Waals surface area contributed by atoms with Crippen molar-refractivity contribution in [2.24, 2.45) is 11.8 Å². The first-order valence-electron chi connectivity index (χ1n) is 9.08. The topological polar surface area (TPSA) is 91.5 Å². The quantitative estimate of drug-likeness (QED) is 0.848. The highest BCUT2D eigenvalue weighted by atomic mass is 16.3. The van der Waals surface area contributed by atoms with Crippen LogP contribution in [0.5, 0.6) is 0 Å². The molecule has 1 aliphatic heterocycles. The van der Waals surface area contributed by atoms with E-state index in [1.807, 2.05) is 17.3 Å². The third kappa shape index (κ3) is 2.53. The molecule has 0 radical (unpaired) electrons. The van der Waals surface area contributed by atoms with Gasteiger partial charge in [0, 0.05) is 25.3 Å². The van der Waals surface area contributed by atoms with Crippen LogP contribution >= 0.6 is 0 Å². The average Bonchev–Trinajstić information content (AvgIpc) is 3.23. The Hall–Kier alpha value is -1.99. The lowest BCUT2D eigenvalue weighted by Gasteiger charge is -2.31. The Morgan fingerprint density at radius 2 is 1.76 bits per heavy atom. The van der Waals surface area contributed by atoms with Gasteiger partial charge in [-0.15, -0.1) is 0 Å². The van der Waals surface area contributed by atoms with Crippen molar-refractivity contribution in [3.63, 3.8) is 0 Å². The van der Waals surface area contributed by atoms with Crippen LogP contribution in [0.25, 0.3) is 11.2 Å². The van der Waals surface area contributed by atoms with E-state index in [4.69, 9.17) is 0 Å². The van der Waals surface area contributed by atoms with Gasteiger partial charge in [0.05, 0.1) is 24.1 Å². The van der Waals surface area contributed by atoms with E-state index in [2.05, 4.69) is 14.5 Å². The van der Waals surface area contributed by atoms with Crippen molar-refractivity contribution in [3.8, 4) is 0 Å². The summed E-state index contributed by atoms with van der Waals surface area (Å²) in [7, 11) is 0. The molecule has 1 saturated heterocycles. The van der Waals surface area contributed by atoms with E-state index in [9.17, 15) is 15.0 Å². The van der Waals surface area contributed by atoms with E-state index in [-0.39, 0.29) is 17.7 Å². The van der Waals surface area contributed by atoms with Crippen LogP contribution in [0.4, 0.5) is 0 Å². The first-order valence-corrected chi connectivity index (χ1v) is 9.08. The second kappa shape index (κ2) is 5.51. The maximum absolute atomic E-state index is 12.9. The van der Waals surface area contributed by atoms with Crippen molar-refractivity contribution in [2.75, 3.05) is 13.1 Å². The fourth-order valence-corrected chi connectivity index (χ4v) is 4.41. The molecule has 0 spiro atoms. The molecule has 0 unspecified atom stereocenters. The summed E-state index contributed by atoms with van der Waals surface area (Å²) in [4.78, 5) is 23.6. The van der Waals surface area contributed by atoms with E-state index in [0.717, 1.165) is 11.2 Å². The molecule has 25 heavy (non-hydrogen) atoms. The molecule has 3 fully saturated rings. The number of hydrogen-bond acceptors (Lipinski definition) is 5. The number of carbonyl (C=O) groups excluding carboxylic acids is 1. The monoisotopic (exact) mass is 342 g/mol. The standard InChI is InChI=1S/C18H22N4O3/c23-15-4-11-7-21(8-12(11)5-16(15)24)18(25)10-3-14-17(19-6-10)22(9-20-14)13-1-2-13/h3,6,9,11-13,15-16,23-24H,1-2,4-5,7-8H2/t11-,12+,15+,16-. The lowest BCUT2D eigenvalue weighted by atomic mass is 9.79. The number of rotatable bonds is 2. The molecule has 2 N–H and O–H groups in total. The minimum absolute atomic E-state index is 0.0336. The molecular formula is C18H22N4O3. The maximum atomic E-state index is 12.9. The minimum atomic E-state index is -0.666. The summed E-state index contributed by atoms with van der Waals surface area (Å²) >= 11 is 0. The number of hydrogen-bond donors (Lipinski definition) is 2. The number of fused-ring (bicyclic) bond motifs is 2. The highest BCUT2D eigenvalue weighted by Crippen LogP contribution is 2.38. The largest absolute Gasteiger partial charge is 0.390 e. The first-order chi connectivity index (χ1) is 12.1. The van der Waals surface area contributed by atoms with Gasteiger partial charge in [0.15, 0.2) is 5.65 Å². The van der Waals surface area contributed by atoms with Gasteiger partial charge in [0.2, 0.25) is 0 Å². The third-order valence-electron chi connectivity index (χ3n) is 6.00. The van der Waals surface area contributed by atoms with Gasteiger partial charge in [-0.3, -0.25) is 4.79 Å². The number of aliphatic hydroxyl groups is 2. The van der Waals surface area contributed by atoms with Crippen molar-refractivity contribution < 1.29 is 15.0 Å². The second-order valence-electron chi connectivity index (χ2n) is 7.79. The molecule has 7 nitrogen and oxygen atoms in total. The molecule has 7 heteroatoms. The number of likely N-dealkylation sites (tertiary alicyclic amines) is 1. The molecule has 2 saturated carbocycles. The molecule has 2 aromatic heterocycles. The van der Waals surface area contributed by atoms with Gasteiger partial charge in [0.1, 0.15) is 5.52 Å². The van der Waals surface area contributed by atoms with Crippen molar-refractivity contribution in [1.82, 2.24) is 19.4 Å². The van der Waals surface area contributed by atoms with Crippen LogP contribution in [0.1, 0.15) is 42.1 Å². The summed E-state index contributed by atoms with van der Waals surface area (Å²) in [6.07, 6.45) is 5.61. The molecule has 0 bridgehead atoms. The summed E-state index contributed by atoms with van der Waals surface area (Å²) in [5.41, 5.74) is 2.17. The van der Waals surface area contributed by atoms with E-state index >= 15 is 0 Å². The number of nitrogens with zero attached hydrogens (tertiary/aromatic N) is 4. The van der Waals surface area contributed by atoms with Crippen LogP contribution in [0.15, 0.2) is 18.6 Å². The smallest absolute Gasteiger partial charge is 0.255 e. The summed E-state index contributed by atoms with van der Waals surface area (Å²) in [5.74, 6) is 0.509. The molecule has 5 rings (SSSR count). The molecule has 132 valence electrons. The Balaban J connectivity index is 1.37.